The van der Waals surface area contributed by atoms with Gasteiger partial charge in [-0.1, -0.05) is 35.7 Å². The number of aliphatic imine (C=N–C) groups is 1. The summed E-state index contributed by atoms with van der Waals surface area (Å²) in [5.41, 5.74) is 1.10. The Morgan fingerprint density at radius 1 is 1.26 bits per heavy atom. The molecular formula is C14H11Cl2NO2. The average Bonchev–Trinajstić information content (AvgIpc) is 2.63. The molecule has 0 radical (unpaired) electrons. The second-order valence-corrected chi connectivity index (χ2v) is 5.48. The number of ether oxygens (including phenoxy) is 1. The van der Waals surface area contributed by atoms with Crippen LogP contribution in [-0.2, 0) is 9.53 Å². The van der Waals surface area contributed by atoms with Gasteiger partial charge in [0, 0.05) is 5.92 Å². The van der Waals surface area contributed by atoms with Crippen LogP contribution in [0, 0.1) is 5.92 Å². The molecule has 0 N–H and O–H groups in total. The lowest BCUT2D eigenvalue weighted by Gasteiger charge is -2.23. The monoisotopic (exact) mass is 295 g/mol. The number of cyclic esters (lactones) is 1. The normalized spacial score (nSPS) is 21.3. The van der Waals surface area contributed by atoms with Crippen LogP contribution >= 0.6 is 23.2 Å². The minimum Gasteiger partial charge on any atom is -0.406 e. The molecule has 0 unspecified atom stereocenters. The summed E-state index contributed by atoms with van der Waals surface area (Å²) in [6.45, 7) is 0. The number of hydrogen-bond acceptors (Lipinski definition) is 3. The molecule has 0 bridgehead atoms. The lowest BCUT2D eigenvalue weighted by Crippen LogP contribution is -2.22. The van der Waals surface area contributed by atoms with Crippen LogP contribution in [0.5, 0.6) is 0 Å². The van der Waals surface area contributed by atoms with Crippen LogP contribution in [0.1, 0.15) is 24.8 Å². The summed E-state index contributed by atoms with van der Waals surface area (Å²) >= 11 is 11.8. The highest BCUT2D eigenvalue weighted by atomic mass is 35.5. The fourth-order valence-corrected chi connectivity index (χ4v) is 2.32. The first-order valence-corrected chi connectivity index (χ1v) is 6.86. The van der Waals surface area contributed by atoms with E-state index in [0.29, 0.717) is 27.6 Å². The van der Waals surface area contributed by atoms with E-state index in [9.17, 15) is 4.79 Å². The van der Waals surface area contributed by atoms with Crippen molar-refractivity contribution in [1.29, 1.82) is 0 Å². The van der Waals surface area contributed by atoms with E-state index < -0.39 is 5.97 Å². The molecule has 0 amide bonds. The van der Waals surface area contributed by atoms with Crippen LogP contribution in [0.15, 0.2) is 28.9 Å². The van der Waals surface area contributed by atoms with Crippen LogP contribution < -0.4 is 0 Å². The van der Waals surface area contributed by atoms with Crippen LogP contribution in [0.25, 0.3) is 6.08 Å². The second-order valence-electron chi connectivity index (χ2n) is 4.67. The zero-order valence-electron chi connectivity index (χ0n) is 10.0. The largest absolute Gasteiger partial charge is 0.406 e. The lowest BCUT2D eigenvalue weighted by molar-refractivity contribution is -0.130. The van der Waals surface area contributed by atoms with Gasteiger partial charge in [0.15, 0.2) is 5.70 Å². The van der Waals surface area contributed by atoms with Crippen molar-refractivity contribution in [1.82, 2.24) is 0 Å². The van der Waals surface area contributed by atoms with E-state index in [1.54, 1.807) is 24.3 Å². The summed E-state index contributed by atoms with van der Waals surface area (Å²) in [5.74, 6) is 0.471. The number of nitrogens with zero attached hydrogens (tertiary/aromatic N) is 1. The van der Waals surface area contributed by atoms with Crippen molar-refractivity contribution < 1.29 is 9.53 Å². The summed E-state index contributed by atoms with van der Waals surface area (Å²) < 4.78 is 5.19. The Balaban J connectivity index is 1.87. The summed E-state index contributed by atoms with van der Waals surface area (Å²) in [4.78, 5) is 16.0. The molecule has 3 rings (SSSR count). The van der Waals surface area contributed by atoms with Crippen molar-refractivity contribution in [3.8, 4) is 0 Å². The summed E-state index contributed by atoms with van der Waals surface area (Å²) in [6, 6.07) is 5.17. The number of halogens is 2. The maximum Gasteiger partial charge on any atom is 0.363 e. The van der Waals surface area contributed by atoms with Gasteiger partial charge < -0.3 is 4.74 Å². The number of hydrogen-bond donors (Lipinski definition) is 0. The van der Waals surface area contributed by atoms with Crippen molar-refractivity contribution in [3.63, 3.8) is 0 Å². The van der Waals surface area contributed by atoms with Crippen LogP contribution in [0.2, 0.25) is 10.0 Å². The molecule has 19 heavy (non-hydrogen) atoms. The standard InChI is InChI=1S/C14H11Cl2NO2/c15-10-5-4-8(6-11(10)16)7-12-14(18)19-13(17-12)9-2-1-3-9/h4-7,9H,1-3H2/b12-7+. The van der Waals surface area contributed by atoms with Crippen LogP contribution in [0.3, 0.4) is 0 Å². The fraction of sp³-hybridized carbons (Fsp3) is 0.286. The smallest absolute Gasteiger partial charge is 0.363 e. The number of esters is 1. The van der Waals surface area contributed by atoms with E-state index in [1.165, 1.54) is 6.42 Å². The minimum atomic E-state index is -0.395. The van der Waals surface area contributed by atoms with Gasteiger partial charge in [-0.25, -0.2) is 9.79 Å². The van der Waals surface area contributed by atoms with Gasteiger partial charge in [-0.2, -0.15) is 0 Å². The third-order valence-electron chi connectivity index (χ3n) is 3.34. The Kier molecular flexibility index (Phi) is 3.33. The second kappa shape index (κ2) is 4.99. The van der Waals surface area contributed by atoms with Crippen molar-refractivity contribution >= 4 is 41.1 Å². The molecule has 0 aromatic heterocycles. The zero-order chi connectivity index (χ0) is 13.4. The maximum absolute atomic E-state index is 11.7. The van der Waals surface area contributed by atoms with Gasteiger partial charge >= 0.3 is 5.97 Å². The molecule has 1 aliphatic carbocycles. The lowest BCUT2D eigenvalue weighted by atomic mass is 9.85. The molecule has 1 aromatic rings. The molecule has 0 atom stereocenters. The van der Waals surface area contributed by atoms with E-state index >= 15 is 0 Å². The van der Waals surface area contributed by atoms with Gasteiger partial charge in [-0.05, 0) is 36.6 Å². The molecular weight excluding hydrogens is 285 g/mol. The highest BCUT2D eigenvalue weighted by Gasteiger charge is 2.32. The van der Waals surface area contributed by atoms with Crippen molar-refractivity contribution in [2.75, 3.05) is 0 Å². The van der Waals surface area contributed by atoms with Gasteiger partial charge in [-0.15, -0.1) is 0 Å². The first-order chi connectivity index (χ1) is 9.13. The molecule has 3 nitrogen and oxygen atoms in total. The third kappa shape index (κ3) is 2.53. The van der Waals surface area contributed by atoms with Gasteiger partial charge in [-0.3, -0.25) is 0 Å². The predicted octanol–water partition coefficient (Wildman–Crippen LogP) is 4.09. The first-order valence-electron chi connectivity index (χ1n) is 6.11. The zero-order valence-corrected chi connectivity index (χ0v) is 11.5. The summed E-state index contributed by atoms with van der Waals surface area (Å²) in [5, 5.41) is 0.932. The van der Waals surface area contributed by atoms with E-state index in [2.05, 4.69) is 4.99 Å². The molecule has 0 spiro atoms. The van der Waals surface area contributed by atoms with Crippen molar-refractivity contribution in [3.05, 3.63) is 39.5 Å². The Labute approximate surface area is 120 Å². The predicted molar refractivity (Wildman–Crippen MR) is 75.3 cm³/mol. The van der Waals surface area contributed by atoms with Crippen molar-refractivity contribution in [2.24, 2.45) is 10.9 Å². The topological polar surface area (TPSA) is 38.7 Å². The Morgan fingerprint density at radius 2 is 2.05 bits per heavy atom. The van der Waals surface area contributed by atoms with Gasteiger partial charge in [0.25, 0.3) is 0 Å². The number of rotatable bonds is 2. The molecule has 1 aliphatic heterocycles. The van der Waals surface area contributed by atoms with Crippen LogP contribution in [0.4, 0.5) is 0 Å². The molecule has 2 aliphatic rings. The minimum absolute atomic E-state index is 0.309. The molecule has 98 valence electrons. The molecule has 5 heteroatoms. The highest BCUT2D eigenvalue weighted by molar-refractivity contribution is 6.42. The van der Waals surface area contributed by atoms with E-state index in [-0.39, 0.29) is 0 Å². The quantitative estimate of drug-likeness (QED) is 0.609. The van der Waals surface area contributed by atoms with Gasteiger partial charge in [0.05, 0.1) is 10.0 Å². The molecule has 0 saturated heterocycles. The third-order valence-corrected chi connectivity index (χ3v) is 4.08. The Bertz CT molecular complexity index is 603. The van der Waals surface area contributed by atoms with E-state index in [4.69, 9.17) is 27.9 Å². The summed E-state index contributed by atoms with van der Waals surface area (Å²) in [7, 11) is 0. The molecule has 1 saturated carbocycles. The van der Waals surface area contributed by atoms with Crippen LogP contribution in [-0.4, -0.2) is 11.9 Å². The maximum atomic E-state index is 11.7. The van der Waals surface area contributed by atoms with E-state index in [1.807, 2.05) is 0 Å². The van der Waals surface area contributed by atoms with Gasteiger partial charge in [0.2, 0.25) is 5.90 Å². The average molecular weight is 296 g/mol. The fourth-order valence-electron chi connectivity index (χ4n) is 2.02. The molecule has 1 heterocycles. The van der Waals surface area contributed by atoms with Gasteiger partial charge in [0.1, 0.15) is 0 Å². The molecule has 1 fully saturated rings. The SMILES string of the molecule is O=C1OC(C2CCC2)=N/C1=C/c1ccc(Cl)c(Cl)c1. The number of benzene rings is 1. The number of carbonyl (C=O) groups excluding carboxylic acids is 1. The van der Waals surface area contributed by atoms with Crippen molar-refractivity contribution in [2.45, 2.75) is 19.3 Å². The van der Waals surface area contributed by atoms with E-state index in [0.717, 1.165) is 18.4 Å². The molecule has 1 aromatic carbocycles. The first kappa shape index (κ1) is 12.7. The highest BCUT2D eigenvalue weighted by Crippen LogP contribution is 2.32. The summed E-state index contributed by atoms with van der Waals surface area (Å²) in [6.07, 6.45) is 4.93. The Hall–Kier alpha value is -1.32. The Morgan fingerprint density at radius 3 is 2.68 bits per heavy atom. The number of carbonyl (C=O) groups is 1.